The van der Waals surface area contributed by atoms with E-state index in [2.05, 4.69) is 17.0 Å². The Morgan fingerprint density at radius 3 is 2.39 bits per heavy atom. The highest BCUT2D eigenvalue weighted by Gasteiger charge is 2.33. The summed E-state index contributed by atoms with van der Waals surface area (Å²) in [7, 11) is 1.81. The van der Waals surface area contributed by atoms with Gasteiger partial charge < -0.3 is 10.0 Å². The lowest BCUT2D eigenvalue weighted by Gasteiger charge is -2.40. The Morgan fingerprint density at radius 1 is 1.22 bits per heavy atom. The molecule has 0 spiro atoms. The molecule has 0 unspecified atom stereocenters. The molecule has 1 aliphatic heterocycles. The zero-order valence-electron chi connectivity index (χ0n) is 14.1. The summed E-state index contributed by atoms with van der Waals surface area (Å²) < 4.78 is 25.8. The van der Waals surface area contributed by atoms with Crippen molar-refractivity contribution < 1.29 is 13.9 Å². The third kappa shape index (κ3) is 6.53. The lowest BCUT2D eigenvalue weighted by atomic mass is 9.90. The first-order valence-corrected chi connectivity index (χ1v) is 8.31. The topological polar surface area (TPSA) is 26.7 Å². The van der Waals surface area contributed by atoms with Crippen molar-refractivity contribution in [3.63, 3.8) is 0 Å². The van der Waals surface area contributed by atoms with Crippen LogP contribution in [0.4, 0.5) is 8.78 Å². The minimum Gasteiger partial charge on any atom is -0.388 e. The van der Waals surface area contributed by atoms with Gasteiger partial charge in [-0.05, 0) is 32.4 Å². The lowest BCUT2D eigenvalue weighted by Crippen LogP contribution is -2.50. The maximum absolute atomic E-state index is 12.9. The maximum atomic E-state index is 12.9. The minimum absolute atomic E-state index is 0.167. The van der Waals surface area contributed by atoms with Crippen LogP contribution in [-0.4, -0.2) is 59.7 Å². The monoisotopic (exact) mass is 326 g/mol. The van der Waals surface area contributed by atoms with Crippen molar-refractivity contribution in [2.24, 2.45) is 0 Å². The molecular formula is C18H28F2N2O. The molecule has 5 heteroatoms. The first kappa shape index (κ1) is 18.3. The van der Waals surface area contributed by atoms with Crippen LogP contribution < -0.4 is 0 Å². The Morgan fingerprint density at radius 2 is 1.83 bits per heavy atom. The van der Waals surface area contributed by atoms with E-state index in [1.54, 1.807) is 7.05 Å². The van der Waals surface area contributed by atoms with Crippen LogP contribution in [0.25, 0.3) is 0 Å². The largest absolute Gasteiger partial charge is 0.388 e. The van der Waals surface area contributed by atoms with Gasteiger partial charge in [0.15, 0.2) is 0 Å². The molecule has 1 heterocycles. The van der Waals surface area contributed by atoms with Crippen molar-refractivity contribution in [2.75, 3.05) is 33.2 Å². The average molecular weight is 326 g/mol. The summed E-state index contributed by atoms with van der Waals surface area (Å²) in [6.45, 7) is 4.28. The Kier molecular flexibility index (Phi) is 6.12. The Hall–Kier alpha value is -1.04. The number of alkyl halides is 2. The molecule has 0 radical (unpaired) electrons. The number of benzene rings is 1. The van der Waals surface area contributed by atoms with E-state index in [0.717, 1.165) is 26.6 Å². The van der Waals surface area contributed by atoms with Crippen molar-refractivity contribution in [1.82, 2.24) is 9.80 Å². The molecule has 0 atom stereocenters. The second-order valence-electron chi connectivity index (χ2n) is 7.04. The van der Waals surface area contributed by atoms with Gasteiger partial charge in [0.05, 0.1) is 5.60 Å². The van der Waals surface area contributed by atoms with Gasteiger partial charge >= 0.3 is 0 Å². The molecule has 3 nitrogen and oxygen atoms in total. The average Bonchev–Trinajstić information content (AvgIpc) is 2.48. The summed E-state index contributed by atoms with van der Waals surface area (Å²) in [6.07, 6.45) is 1.21. The second kappa shape index (κ2) is 7.69. The highest BCUT2D eigenvalue weighted by atomic mass is 19.3. The SMILES string of the molecule is CN(CCC(C)(F)F)CC1(O)CCN(Cc2ccccc2)CC1. The smallest absolute Gasteiger partial charge is 0.246 e. The van der Waals surface area contributed by atoms with Gasteiger partial charge in [0.1, 0.15) is 0 Å². The van der Waals surface area contributed by atoms with E-state index in [1.807, 2.05) is 23.1 Å². The summed E-state index contributed by atoms with van der Waals surface area (Å²) in [5, 5.41) is 10.7. The first-order chi connectivity index (χ1) is 10.8. The van der Waals surface area contributed by atoms with Gasteiger partial charge in [-0.1, -0.05) is 30.3 Å². The number of aliphatic hydroxyl groups is 1. The van der Waals surface area contributed by atoms with E-state index >= 15 is 0 Å². The predicted molar refractivity (Wildman–Crippen MR) is 88.6 cm³/mol. The minimum atomic E-state index is -2.64. The molecule has 0 aromatic heterocycles. The third-order valence-electron chi connectivity index (χ3n) is 4.53. The fraction of sp³-hybridized carbons (Fsp3) is 0.667. The summed E-state index contributed by atoms with van der Waals surface area (Å²) >= 11 is 0. The molecule has 23 heavy (non-hydrogen) atoms. The number of rotatable bonds is 7. The van der Waals surface area contributed by atoms with Crippen LogP contribution >= 0.6 is 0 Å². The van der Waals surface area contributed by atoms with Gasteiger partial charge in [-0.15, -0.1) is 0 Å². The predicted octanol–water partition coefficient (Wildman–Crippen LogP) is 2.99. The summed E-state index contributed by atoms with van der Waals surface area (Å²) in [5.74, 6) is -2.64. The summed E-state index contributed by atoms with van der Waals surface area (Å²) in [5.41, 5.74) is 0.519. The maximum Gasteiger partial charge on any atom is 0.246 e. The highest BCUT2D eigenvalue weighted by Crippen LogP contribution is 2.25. The van der Waals surface area contributed by atoms with Gasteiger partial charge in [-0.3, -0.25) is 4.90 Å². The lowest BCUT2D eigenvalue weighted by molar-refractivity contribution is -0.0500. The van der Waals surface area contributed by atoms with Crippen LogP contribution in [0.15, 0.2) is 30.3 Å². The molecule has 0 bridgehead atoms. The summed E-state index contributed by atoms with van der Waals surface area (Å²) in [6, 6.07) is 10.3. The molecule has 2 rings (SSSR count). The number of nitrogens with zero attached hydrogens (tertiary/aromatic N) is 2. The van der Waals surface area contributed by atoms with E-state index in [-0.39, 0.29) is 6.42 Å². The number of likely N-dealkylation sites (tertiary alicyclic amines) is 1. The van der Waals surface area contributed by atoms with Crippen LogP contribution in [0.2, 0.25) is 0 Å². The van der Waals surface area contributed by atoms with Gasteiger partial charge in [0.2, 0.25) is 5.92 Å². The third-order valence-corrected chi connectivity index (χ3v) is 4.53. The molecular weight excluding hydrogens is 298 g/mol. The van der Waals surface area contributed by atoms with Crippen LogP contribution in [-0.2, 0) is 6.54 Å². The molecule has 1 aromatic carbocycles. The van der Waals surface area contributed by atoms with E-state index < -0.39 is 11.5 Å². The quantitative estimate of drug-likeness (QED) is 0.834. The number of halogens is 2. The van der Waals surface area contributed by atoms with Crippen LogP contribution in [0.1, 0.15) is 31.7 Å². The first-order valence-electron chi connectivity index (χ1n) is 8.31. The molecule has 1 N–H and O–H groups in total. The molecule has 1 aromatic rings. The standard InChI is InChI=1S/C18H28F2N2O/c1-17(19,20)8-11-21(2)15-18(23)9-12-22(13-10-18)14-16-6-4-3-5-7-16/h3-7,23H,8-15H2,1-2H3. The second-order valence-corrected chi connectivity index (χ2v) is 7.04. The zero-order valence-corrected chi connectivity index (χ0v) is 14.1. The Labute approximate surface area is 137 Å². The van der Waals surface area contributed by atoms with Crippen molar-refractivity contribution >= 4 is 0 Å². The fourth-order valence-corrected chi connectivity index (χ4v) is 3.10. The zero-order chi connectivity index (χ0) is 16.9. The molecule has 1 aliphatic rings. The van der Waals surface area contributed by atoms with Crippen molar-refractivity contribution in [3.8, 4) is 0 Å². The number of hydrogen-bond donors (Lipinski definition) is 1. The number of hydrogen-bond acceptors (Lipinski definition) is 3. The molecule has 0 aliphatic carbocycles. The molecule has 0 amide bonds. The van der Waals surface area contributed by atoms with E-state index in [4.69, 9.17) is 0 Å². The number of likely N-dealkylation sites (N-methyl/N-ethyl adjacent to an activating group) is 1. The summed E-state index contributed by atoms with van der Waals surface area (Å²) in [4.78, 5) is 4.16. The van der Waals surface area contributed by atoms with Gasteiger partial charge in [-0.25, -0.2) is 8.78 Å². The van der Waals surface area contributed by atoms with Crippen LogP contribution in [0.5, 0.6) is 0 Å². The van der Waals surface area contributed by atoms with Crippen molar-refractivity contribution in [3.05, 3.63) is 35.9 Å². The molecule has 1 saturated heterocycles. The molecule has 1 fully saturated rings. The van der Waals surface area contributed by atoms with Gasteiger partial charge in [-0.2, -0.15) is 0 Å². The van der Waals surface area contributed by atoms with E-state index in [1.165, 1.54) is 5.56 Å². The van der Waals surface area contributed by atoms with Crippen LogP contribution in [0.3, 0.4) is 0 Å². The number of piperidine rings is 1. The Bertz CT molecular complexity index is 468. The van der Waals surface area contributed by atoms with Crippen LogP contribution in [0, 0.1) is 0 Å². The van der Waals surface area contributed by atoms with E-state index in [9.17, 15) is 13.9 Å². The molecule has 0 saturated carbocycles. The normalized spacial score (nSPS) is 19.2. The van der Waals surface area contributed by atoms with Crippen molar-refractivity contribution in [2.45, 2.75) is 44.3 Å². The van der Waals surface area contributed by atoms with Gasteiger partial charge in [0.25, 0.3) is 0 Å². The Balaban J connectivity index is 1.75. The van der Waals surface area contributed by atoms with Crippen molar-refractivity contribution in [1.29, 1.82) is 0 Å². The highest BCUT2D eigenvalue weighted by molar-refractivity contribution is 5.14. The van der Waals surface area contributed by atoms with Gasteiger partial charge in [0, 0.05) is 39.1 Å². The fourth-order valence-electron chi connectivity index (χ4n) is 3.10. The van der Waals surface area contributed by atoms with E-state index in [0.29, 0.717) is 25.9 Å². The molecule has 130 valence electrons.